The molecule has 1 heterocycles. The molecule has 1 aliphatic rings. The topological polar surface area (TPSA) is 33.2 Å². The molecule has 1 aliphatic carbocycles. The number of aryl methyl sites for hydroxylation is 1. The minimum atomic E-state index is 0.130. The summed E-state index contributed by atoms with van der Waals surface area (Å²) < 4.78 is 0. The van der Waals surface area contributed by atoms with Gasteiger partial charge in [-0.05, 0) is 39.5 Å². The minimum absolute atomic E-state index is 0.130. The second-order valence-corrected chi connectivity index (χ2v) is 6.92. The highest BCUT2D eigenvalue weighted by atomic mass is 32.1. The van der Waals surface area contributed by atoms with Crippen molar-refractivity contribution in [1.82, 2.24) is 9.88 Å². The Bertz CT molecular complexity index is 435. The Morgan fingerprint density at radius 1 is 1.40 bits per heavy atom. The Balaban J connectivity index is 2.12. The van der Waals surface area contributed by atoms with Crippen molar-refractivity contribution < 1.29 is 4.79 Å². The maximum absolute atomic E-state index is 12.8. The van der Waals surface area contributed by atoms with Crippen LogP contribution in [-0.2, 0) is 6.42 Å². The maximum atomic E-state index is 12.8. The van der Waals surface area contributed by atoms with Crippen LogP contribution >= 0.6 is 11.3 Å². The molecule has 2 rings (SSSR count). The molecule has 0 aliphatic heterocycles. The van der Waals surface area contributed by atoms with Crippen LogP contribution in [0.4, 0.5) is 0 Å². The Morgan fingerprint density at radius 3 is 2.70 bits per heavy atom. The predicted molar refractivity (Wildman–Crippen MR) is 84.3 cm³/mol. The smallest absolute Gasteiger partial charge is 0.273 e. The van der Waals surface area contributed by atoms with Crippen LogP contribution in [0.2, 0.25) is 0 Å². The van der Waals surface area contributed by atoms with Gasteiger partial charge >= 0.3 is 0 Å². The average Bonchev–Trinajstić information content (AvgIpc) is 2.89. The van der Waals surface area contributed by atoms with Gasteiger partial charge in [0.1, 0.15) is 5.69 Å². The monoisotopic (exact) mass is 294 g/mol. The standard InChI is InChI=1S/C16H26N2OS/c1-4-8-15-17-14(11-20-15)16(19)18(12(2)3)13-9-6-5-7-10-13/h11-13H,4-10H2,1-3H3. The highest BCUT2D eigenvalue weighted by Gasteiger charge is 2.29. The highest BCUT2D eigenvalue weighted by Crippen LogP contribution is 2.26. The lowest BCUT2D eigenvalue weighted by atomic mass is 9.93. The van der Waals surface area contributed by atoms with Crippen molar-refractivity contribution >= 4 is 17.2 Å². The average molecular weight is 294 g/mol. The Hall–Kier alpha value is -0.900. The van der Waals surface area contributed by atoms with Crippen LogP contribution in [0.1, 0.15) is 74.8 Å². The quantitative estimate of drug-likeness (QED) is 0.812. The summed E-state index contributed by atoms with van der Waals surface area (Å²) in [5, 5.41) is 3.02. The minimum Gasteiger partial charge on any atom is -0.332 e. The summed E-state index contributed by atoms with van der Waals surface area (Å²) in [6.45, 7) is 6.38. The number of aromatic nitrogens is 1. The number of amides is 1. The van der Waals surface area contributed by atoms with Gasteiger partial charge in [-0.25, -0.2) is 4.98 Å². The van der Waals surface area contributed by atoms with Gasteiger partial charge in [0.15, 0.2) is 0 Å². The molecule has 112 valence electrons. The lowest BCUT2D eigenvalue weighted by Crippen LogP contribution is -2.45. The molecule has 0 radical (unpaired) electrons. The second-order valence-electron chi connectivity index (χ2n) is 5.97. The van der Waals surface area contributed by atoms with Gasteiger partial charge in [-0.15, -0.1) is 11.3 Å². The van der Waals surface area contributed by atoms with E-state index in [9.17, 15) is 4.79 Å². The van der Waals surface area contributed by atoms with E-state index < -0.39 is 0 Å². The summed E-state index contributed by atoms with van der Waals surface area (Å²) in [6, 6.07) is 0.662. The fourth-order valence-corrected chi connectivity index (χ4v) is 3.93. The van der Waals surface area contributed by atoms with Crippen molar-refractivity contribution in [2.45, 2.75) is 77.8 Å². The Morgan fingerprint density at radius 2 is 2.10 bits per heavy atom. The molecule has 0 aromatic carbocycles. The molecular formula is C16H26N2OS. The van der Waals surface area contributed by atoms with Gasteiger partial charge < -0.3 is 4.90 Å². The number of rotatable bonds is 5. The second kappa shape index (κ2) is 7.21. The summed E-state index contributed by atoms with van der Waals surface area (Å²) in [5.74, 6) is 0.130. The van der Waals surface area contributed by atoms with E-state index in [2.05, 4.69) is 30.7 Å². The third kappa shape index (κ3) is 3.60. The molecule has 0 N–H and O–H groups in total. The lowest BCUT2D eigenvalue weighted by molar-refractivity contribution is 0.0550. The zero-order valence-corrected chi connectivity index (χ0v) is 13.7. The summed E-state index contributed by atoms with van der Waals surface area (Å²) in [4.78, 5) is 19.4. The van der Waals surface area contributed by atoms with E-state index in [0.29, 0.717) is 11.7 Å². The predicted octanol–water partition coefficient (Wildman–Crippen LogP) is 4.28. The largest absolute Gasteiger partial charge is 0.332 e. The molecule has 1 saturated carbocycles. The van der Waals surface area contributed by atoms with E-state index in [1.807, 2.05) is 5.38 Å². The molecule has 1 amide bonds. The van der Waals surface area contributed by atoms with Gasteiger partial charge in [0.2, 0.25) is 0 Å². The van der Waals surface area contributed by atoms with Crippen LogP contribution in [-0.4, -0.2) is 27.9 Å². The molecule has 0 bridgehead atoms. The summed E-state index contributed by atoms with van der Waals surface area (Å²) in [5.41, 5.74) is 0.651. The van der Waals surface area contributed by atoms with Gasteiger partial charge in [0, 0.05) is 17.5 Å². The van der Waals surface area contributed by atoms with Crippen molar-refractivity contribution in [3.05, 3.63) is 16.1 Å². The maximum Gasteiger partial charge on any atom is 0.273 e. The van der Waals surface area contributed by atoms with Crippen molar-refractivity contribution in [2.75, 3.05) is 0 Å². The third-order valence-electron chi connectivity index (χ3n) is 3.99. The molecule has 0 atom stereocenters. The molecule has 3 nitrogen and oxygen atoms in total. The number of carbonyl (C=O) groups excluding carboxylic acids is 1. The van der Waals surface area contributed by atoms with Crippen LogP contribution in [0.25, 0.3) is 0 Å². The van der Waals surface area contributed by atoms with E-state index in [-0.39, 0.29) is 11.9 Å². The highest BCUT2D eigenvalue weighted by molar-refractivity contribution is 7.09. The number of hydrogen-bond acceptors (Lipinski definition) is 3. The summed E-state index contributed by atoms with van der Waals surface area (Å²) in [6.07, 6.45) is 8.17. The molecule has 0 saturated heterocycles. The van der Waals surface area contributed by atoms with Crippen molar-refractivity contribution in [3.63, 3.8) is 0 Å². The van der Waals surface area contributed by atoms with Crippen LogP contribution in [0.15, 0.2) is 5.38 Å². The number of carbonyl (C=O) groups is 1. The van der Waals surface area contributed by atoms with Gasteiger partial charge in [-0.2, -0.15) is 0 Å². The van der Waals surface area contributed by atoms with E-state index in [0.717, 1.165) is 30.7 Å². The molecule has 1 aromatic rings. The van der Waals surface area contributed by atoms with E-state index >= 15 is 0 Å². The van der Waals surface area contributed by atoms with Gasteiger partial charge in [0.25, 0.3) is 5.91 Å². The molecular weight excluding hydrogens is 268 g/mol. The fraction of sp³-hybridized carbons (Fsp3) is 0.750. The van der Waals surface area contributed by atoms with Gasteiger partial charge in [-0.1, -0.05) is 26.2 Å². The first-order valence-corrected chi connectivity index (χ1v) is 8.78. The zero-order valence-electron chi connectivity index (χ0n) is 12.9. The molecule has 0 unspecified atom stereocenters. The number of thiazole rings is 1. The van der Waals surface area contributed by atoms with Crippen LogP contribution in [0, 0.1) is 0 Å². The van der Waals surface area contributed by atoms with E-state index in [1.165, 1.54) is 19.3 Å². The van der Waals surface area contributed by atoms with Gasteiger partial charge in [-0.3, -0.25) is 4.79 Å². The molecule has 4 heteroatoms. The number of hydrogen-bond donors (Lipinski definition) is 0. The van der Waals surface area contributed by atoms with E-state index in [4.69, 9.17) is 0 Å². The molecule has 1 aromatic heterocycles. The molecule has 0 spiro atoms. The van der Waals surface area contributed by atoms with Gasteiger partial charge in [0.05, 0.1) is 5.01 Å². The van der Waals surface area contributed by atoms with Crippen molar-refractivity contribution in [1.29, 1.82) is 0 Å². The van der Waals surface area contributed by atoms with Crippen molar-refractivity contribution in [3.8, 4) is 0 Å². The van der Waals surface area contributed by atoms with Crippen LogP contribution in [0.5, 0.6) is 0 Å². The fourth-order valence-electron chi connectivity index (χ4n) is 3.05. The zero-order chi connectivity index (χ0) is 14.5. The molecule has 20 heavy (non-hydrogen) atoms. The van der Waals surface area contributed by atoms with Crippen LogP contribution in [0.3, 0.4) is 0 Å². The van der Waals surface area contributed by atoms with Crippen LogP contribution < -0.4 is 0 Å². The SMILES string of the molecule is CCCc1nc(C(=O)N(C(C)C)C2CCCCC2)cs1. The van der Waals surface area contributed by atoms with E-state index in [1.54, 1.807) is 11.3 Å². The summed E-state index contributed by atoms with van der Waals surface area (Å²) in [7, 11) is 0. The first-order chi connectivity index (χ1) is 9.63. The third-order valence-corrected chi connectivity index (χ3v) is 4.90. The summed E-state index contributed by atoms with van der Waals surface area (Å²) >= 11 is 1.62. The number of nitrogens with zero attached hydrogens (tertiary/aromatic N) is 2. The lowest BCUT2D eigenvalue weighted by Gasteiger charge is -2.37. The Labute approximate surface area is 126 Å². The Kier molecular flexibility index (Phi) is 5.58. The normalized spacial score (nSPS) is 16.6. The molecule has 1 fully saturated rings. The first-order valence-electron chi connectivity index (χ1n) is 7.90. The first kappa shape index (κ1) is 15.5. The van der Waals surface area contributed by atoms with Crippen molar-refractivity contribution in [2.24, 2.45) is 0 Å².